The molecule has 4 nitrogen and oxygen atoms in total. The molecule has 0 heterocycles. The van der Waals surface area contributed by atoms with Crippen molar-refractivity contribution >= 4 is 11.6 Å². The van der Waals surface area contributed by atoms with Crippen molar-refractivity contribution in [2.24, 2.45) is 21.7 Å². The van der Waals surface area contributed by atoms with Gasteiger partial charge in [0.15, 0.2) is 11.6 Å². The zero-order chi connectivity index (χ0) is 30.3. The van der Waals surface area contributed by atoms with Gasteiger partial charge in [0.1, 0.15) is 0 Å². The summed E-state index contributed by atoms with van der Waals surface area (Å²) in [6.45, 7) is 25.8. The third-order valence-electron chi connectivity index (χ3n) is 8.26. The Morgan fingerprint density at radius 2 is 0.878 bits per heavy atom. The molecule has 3 aliphatic carbocycles. The van der Waals surface area contributed by atoms with E-state index in [1.165, 1.54) is 11.1 Å². The Hall–Kier alpha value is -2.11. The first-order valence-electron chi connectivity index (χ1n) is 15.1. The van der Waals surface area contributed by atoms with Gasteiger partial charge in [0.25, 0.3) is 0 Å². The maximum absolute atomic E-state index is 13.5. The molecule has 2 atom stereocenters. The SMILES string of the molecule is CC(C)(C)C1=CC(=CNC2CCCCC2NC=C2C=C(C(C)(C)C)C=C(C(C)(C)C)C2=O)C(=O)C(C(C)(C)C)=C1.[Co]. The number of hydrogen-bond donors (Lipinski definition) is 2. The van der Waals surface area contributed by atoms with Gasteiger partial charge in [-0.15, -0.1) is 0 Å². The third kappa shape index (κ3) is 8.70. The Bertz CT molecular complexity index is 1120. The van der Waals surface area contributed by atoms with Gasteiger partial charge in [0.05, 0.1) is 0 Å². The standard InChI is InChI=1S/C36H54N2O2.Co/c1-33(2,3)25-17-23(31(39)27(19-25)35(7,8)9)21-37-29-15-13-14-16-30(29)38-22-24-18-26(34(4,5)6)20-28(32(24)40)36(10,11)12;/h17-22,29-30,37-38H,13-16H2,1-12H3;. The summed E-state index contributed by atoms with van der Waals surface area (Å²) in [6, 6.07) is 0.340. The molecule has 0 bridgehead atoms. The molecule has 0 saturated heterocycles. The number of carbonyl (C=O) groups excluding carboxylic acids is 2. The van der Waals surface area contributed by atoms with Crippen LogP contribution in [0.1, 0.15) is 109 Å². The summed E-state index contributed by atoms with van der Waals surface area (Å²) in [5.41, 5.74) is 4.95. The molecule has 0 aliphatic heterocycles. The molecule has 0 amide bonds. The molecule has 0 aromatic heterocycles. The normalized spacial score (nSPS) is 24.8. The van der Waals surface area contributed by atoms with E-state index in [9.17, 15) is 9.59 Å². The summed E-state index contributed by atoms with van der Waals surface area (Å²) in [4.78, 5) is 27.0. The van der Waals surface area contributed by atoms with Crippen molar-refractivity contribution in [1.29, 1.82) is 0 Å². The Morgan fingerprint density at radius 1 is 0.561 bits per heavy atom. The molecular weight excluding hydrogens is 551 g/mol. The summed E-state index contributed by atoms with van der Waals surface area (Å²) in [7, 11) is 0. The molecule has 3 rings (SSSR count). The van der Waals surface area contributed by atoms with Gasteiger partial charge in [-0.2, -0.15) is 0 Å². The van der Waals surface area contributed by atoms with Crippen molar-refractivity contribution in [3.8, 4) is 0 Å². The quantitative estimate of drug-likeness (QED) is 0.317. The zero-order valence-corrected chi connectivity index (χ0v) is 28.6. The van der Waals surface area contributed by atoms with Crippen molar-refractivity contribution in [3.05, 3.63) is 70.1 Å². The van der Waals surface area contributed by atoms with Crippen molar-refractivity contribution < 1.29 is 26.4 Å². The number of ketones is 2. The van der Waals surface area contributed by atoms with E-state index in [4.69, 9.17) is 0 Å². The summed E-state index contributed by atoms with van der Waals surface area (Å²) in [6.07, 6.45) is 16.5. The van der Waals surface area contributed by atoms with E-state index in [1.54, 1.807) is 0 Å². The Morgan fingerprint density at radius 3 is 1.15 bits per heavy atom. The fraction of sp³-hybridized carbons (Fsp3) is 0.611. The number of Topliss-reactive ketones (excluding diaryl/α,β-unsaturated/α-hetero) is 2. The second-order valence-electron chi connectivity index (χ2n) is 16.0. The van der Waals surface area contributed by atoms with Gasteiger partial charge in [0.2, 0.25) is 0 Å². The van der Waals surface area contributed by atoms with Gasteiger partial charge in [-0.25, -0.2) is 0 Å². The minimum atomic E-state index is -0.228. The number of allylic oxidation sites excluding steroid dienone is 10. The van der Waals surface area contributed by atoms with Crippen LogP contribution in [0.5, 0.6) is 0 Å². The molecule has 2 N–H and O–H groups in total. The van der Waals surface area contributed by atoms with Gasteiger partial charge >= 0.3 is 0 Å². The first-order valence-corrected chi connectivity index (χ1v) is 15.1. The molecule has 229 valence electrons. The Balaban J connectivity index is 0.00000588. The molecular formula is C36H54CoN2O2. The zero-order valence-electron chi connectivity index (χ0n) is 27.6. The van der Waals surface area contributed by atoms with Crippen LogP contribution in [0.15, 0.2) is 70.1 Å². The molecule has 3 aliphatic rings. The van der Waals surface area contributed by atoms with Gasteiger partial charge in [-0.05, 0) is 57.8 Å². The molecule has 41 heavy (non-hydrogen) atoms. The van der Waals surface area contributed by atoms with Crippen LogP contribution in [-0.4, -0.2) is 23.7 Å². The van der Waals surface area contributed by atoms with Crippen LogP contribution in [0.2, 0.25) is 0 Å². The third-order valence-corrected chi connectivity index (χ3v) is 8.26. The van der Waals surface area contributed by atoms with Crippen LogP contribution in [0.4, 0.5) is 0 Å². The van der Waals surface area contributed by atoms with E-state index >= 15 is 0 Å². The monoisotopic (exact) mass is 605 g/mol. The molecule has 0 aromatic carbocycles. The van der Waals surface area contributed by atoms with Gasteiger partial charge in [-0.1, -0.05) is 108 Å². The van der Waals surface area contributed by atoms with Gasteiger partial charge in [0, 0.05) is 63.6 Å². The van der Waals surface area contributed by atoms with Crippen molar-refractivity contribution in [1.82, 2.24) is 10.6 Å². The van der Waals surface area contributed by atoms with Crippen molar-refractivity contribution in [2.45, 2.75) is 121 Å². The molecule has 0 aromatic rings. The number of nitrogens with one attached hydrogen (secondary N) is 2. The van der Waals surface area contributed by atoms with E-state index in [0.717, 1.165) is 48.0 Å². The van der Waals surface area contributed by atoms with E-state index in [-0.39, 0.29) is 62.1 Å². The smallest absolute Gasteiger partial charge is 0.191 e. The van der Waals surface area contributed by atoms with E-state index in [0.29, 0.717) is 0 Å². The fourth-order valence-corrected chi connectivity index (χ4v) is 5.42. The van der Waals surface area contributed by atoms with Crippen LogP contribution < -0.4 is 10.6 Å². The Kier molecular flexibility index (Phi) is 10.8. The van der Waals surface area contributed by atoms with Crippen LogP contribution in [0.25, 0.3) is 0 Å². The minimum Gasteiger partial charge on any atom is -0.386 e. The summed E-state index contributed by atoms with van der Waals surface area (Å²) < 4.78 is 0. The first-order chi connectivity index (χ1) is 18.2. The summed E-state index contributed by atoms with van der Waals surface area (Å²) >= 11 is 0. The van der Waals surface area contributed by atoms with Crippen LogP contribution in [0.3, 0.4) is 0 Å². The minimum absolute atomic E-state index is 0. The molecule has 1 fully saturated rings. The molecule has 2 unspecified atom stereocenters. The van der Waals surface area contributed by atoms with Crippen LogP contribution >= 0.6 is 0 Å². The van der Waals surface area contributed by atoms with Gasteiger partial charge < -0.3 is 10.6 Å². The van der Waals surface area contributed by atoms with Crippen molar-refractivity contribution in [3.63, 3.8) is 0 Å². The fourth-order valence-electron chi connectivity index (χ4n) is 5.42. The number of rotatable bonds is 4. The number of carbonyl (C=O) groups is 2. The second-order valence-corrected chi connectivity index (χ2v) is 16.0. The van der Waals surface area contributed by atoms with E-state index in [1.807, 2.05) is 12.4 Å². The number of hydrogen-bond acceptors (Lipinski definition) is 4. The molecule has 1 saturated carbocycles. The van der Waals surface area contributed by atoms with Crippen LogP contribution in [-0.2, 0) is 26.4 Å². The molecule has 0 spiro atoms. The molecule has 1 radical (unpaired) electrons. The van der Waals surface area contributed by atoms with E-state index in [2.05, 4.69) is 118 Å². The largest absolute Gasteiger partial charge is 0.386 e. The first kappa shape index (κ1) is 35.1. The van der Waals surface area contributed by atoms with Gasteiger partial charge in [-0.3, -0.25) is 9.59 Å². The Labute approximate surface area is 260 Å². The summed E-state index contributed by atoms with van der Waals surface area (Å²) in [5, 5.41) is 7.25. The second kappa shape index (κ2) is 12.6. The van der Waals surface area contributed by atoms with Crippen LogP contribution in [0, 0.1) is 21.7 Å². The van der Waals surface area contributed by atoms with E-state index < -0.39 is 0 Å². The average molecular weight is 606 g/mol. The predicted octanol–water partition coefficient (Wildman–Crippen LogP) is 8.30. The molecule has 5 heteroatoms. The predicted molar refractivity (Wildman–Crippen MR) is 169 cm³/mol. The summed E-state index contributed by atoms with van der Waals surface area (Å²) in [5.74, 6) is 0.203. The maximum Gasteiger partial charge on any atom is 0.191 e. The average Bonchev–Trinajstić information content (AvgIpc) is 2.80. The maximum atomic E-state index is 13.5. The van der Waals surface area contributed by atoms with Crippen molar-refractivity contribution in [2.75, 3.05) is 0 Å². The topological polar surface area (TPSA) is 58.2 Å².